The molecule has 0 radical (unpaired) electrons. The van der Waals surface area contributed by atoms with Crippen LogP contribution in [0.2, 0.25) is 0 Å². The highest BCUT2D eigenvalue weighted by Gasteiger charge is 2.25. The van der Waals surface area contributed by atoms with Crippen molar-refractivity contribution in [3.8, 4) is 0 Å². The molecule has 98 valence electrons. The fraction of sp³-hybridized carbons (Fsp3) is 0.571. The van der Waals surface area contributed by atoms with E-state index in [0.29, 0.717) is 17.4 Å². The average molecular weight is 267 g/mol. The summed E-state index contributed by atoms with van der Waals surface area (Å²) in [5.41, 5.74) is 1.54. The molecule has 3 nitrogen and oxygen atoms in total. The molecule has 0 aromatic carbocycles. The summed E-state index contributed by atoms with van der Waals surface area (Å²) in [4.78, 5) is 16.2. The first kappa shape index (κ1) is 13.3. The van der Waals surface area contributed by atoms with Crippen LogP contribution in [0.25, 0.3) is 0 Å². The molecule has 2 rings (SSSR count). The third-order valence-corrected chi connectivity index (χ3v) is 3.98. The molecule has 2 unspecified atom stereocenters. The number of nitrogens with one attached hydrogen (secondary N) is 1. The number of pyridine rings is 1. The van der Waals surface area contributed by atoms with Gasteiger partial charge in [-0.1, -0.05) is 12.8 Å². The van der Waals surface area contributed by atoms with Crippen LogP contribution >= 0.6 is 11.6 Å². The van der Waals surface area contributed by atoms with Gasteiger partial charge in [-0.2, -0.15) is 0 Å². The quantitative estimate of drug-likeness (QED) is 0.855. The van der Waals surface area contributed by atoms with E-state index in [4.69, 9.17) is 11.6 Å². The van der Waals surface area contributed by atoms with Crippen LogP contribution in [0.4, 0.5) is 0 Å². The number of hydrogen-bond donors (Lipinski definition) is 1. The number of amides is 1. The molecule has 1 amide bonds. The third-order valence-electron chi connectivity index (χ3n) is 3.58. The molecule has 4 heteroatoms. The number of aryl methyl sites for hydroxylation is 1. The van der Waals surface area contributed by atoms with E-state index in [1.807, 2.05) is 13.0 Å². The van der Waals surface area contributed by atoms with E-state index in [-0.39, 0.29) is 11.9 Å². The predicted octanol–water partition coefficient (Wildman–Crippen LogP) is 2.92. The van der Waals surface area contributed by atoms with Gasteiger partial charge in [0.15, 0.2) is 0 Å². The molecule has 1 aliphatic rings. The second-order valence-corrected chi connectivity index (χ2v) is 5.27. The summed E-state index contributed by atoms with van der Waals surface area (Å²) in [6, 6.07) is 3.78. The zero-order chi connectivity index (χ0) is 13.0. The van der Waals surface area contributed by atoms with Crippen molar-refractivity contribution in [3.63, 3.8) is 0 Å². The lowest BCUT2D eigenvalue weighted by Gasteiger charge is -2.30. The Kier molecular flexibility index (Phi) is 4.59. The zero-order valence-corrected chi connectivity index (χ0v) is 11.4. The molecular weight excluding hydrogens is 248 g/mol. The van der Waals surface area contributed by atoms with E-state index < -0.39 is 0 Å². The van der Waals surface area contributed by atoms with Crippen LogP contribution in [0, 0.1) is 12.8 Å². The predicted molar refractivity (Wildman–Crippen MR) is 72.9 cm³/mol. The molecular formula is C14H19ClN2O. The molecule has 1 aromatic rings. The van der Waals surface area contributed by atoms with E-state index in [1.54, 1.807) is 12.3 Å². The maximum absolute atomic E-state index is 12.1. The first-order chi connectivity index (χ1) is 8.70. The van der Waals surface area contributed by atoms with Gasteiger partial charge in [-0.05, 0) is 37.8 Å². The number of rotatable bonds is 3. The van der Waals surface area contributed by atoms with Crippen LogP contribution in [0.15, 0.2) is 18.3 Å². The van der Waals surface area contributed by atoms with Gasteiger partial charge in [0.25, 0.3) is 5.91 Å². The van der Waals surface area contributed by atoms with Crippen molar-refractivity contribution in [2.45, 2.75) is 38.6 Å². The molecule has 0 saturated heterocycles. The van der Waals surface area contributed by atoms with Gasteiger partial charge in [-0.25, -0.2) is 0 Å². The van der Waals surface area contributed by atoms with Gasteiger partial charge < -0.3 is 5.32 Å². The van der Waals surface area contributed by atoms with Gasteiger partial charge in [-0.15, -0.1) is 11.6 Å². The molecule has 0 bridgehead atoms. The molecule has 1 aromatic heterocycles. The molecule has 2 atom stereocenters. The first-order valence-electron chi connectivity index (χ1n) is 6.50. The van der Waals surface area contributed by atoms with Crippen LogP contribution in [0.3, 0.4) is 0 Å². The summed E-state index contributed by atoms with van der Waals surface area (Å²) in [5.74, 6) is 1.02. The smallest absolute Gasteiger partial charge is 0.251 e. The van der Waals surface area contributed by atoms with Gasteiger partial charge in [0.05, 0.1) is 0 Å². The normalized spacial score (nSPS) is 23.7. The zero-order valence-electron chi connectivity index (χ0n) is 10.7. The van der Waals surface area contributed by atoms with Gasteiger partial charge >= 0.3 is 0 Å². The average Bonchev–Trinajstić information content (AvgIpc) is 2.39. The van der Waals surface area contributed by atoms with E-state index in [0.717, 1.165) is 18.5 Å². The molecule has 0 aliphatic heterocycles. The number of hydrogen-bond acceptors (Lipinski definition) is 2. The fourth-order valence-corrected chi connectivity index (χ4v) is 2.89. The molecule has 18 heavy (non-hydrogen) atoms. The third kappa shape index (κ3) is 3.22. The summed E-state index contributed by atoms with van der Waals surface area (Å²) in [7, 11) is 0. The molecule has 1 fully saturated rings. The number of carbonyl (C=O) groups is 1. The maximum Gasteiger partial charge on any atom is 0.251 e. The monoisotopic (exact) mass is 266 g/mol. The van der Waals surface area contributed by atoms with E-state index in [1.165, 1.54) is 12.8 Å². The Morgan fingerprint density at radius 3 is 3.00 bits per heavy atom. The minimum atomic E-state index is -0.0116. The van der Waals surface area contributed by atoms with Crippen LogP contribution in [-0.4, -0.2) is 22.8 Å². The Bertz CT molecular complexity index is 422. The fourth-order valence-electron chi connectivity index (χ4n) is 2.52. The summed E-state index contributed by atoms with van der Waals surface area (Å²) in [6.45, 7) is 1.89. The molecule has 1 N–H and O–H groups in total. The number of alkyl halides is 1. The van der Waals surface area contributed by atoms with Crippen molar-refractivity contribution in [1.29, 1.82) is 0 Å². The Morgan fingerprint density at radius 2 is 2.28 bits per heavy atom. The lowest BCUT2D eigenvalue weighted by molar-refractivity contribution is 0.0911. The number of carbonyl (C=O) groups excluding carboxylic acids is 1. The lowest BCUT2D eigenvalue weighted by Crippen LogP contribution is -2.42. The molecule has 1 heterocycles. The SMILES string of the molecule is Cc1cc(C(=O)NC2CCCCC2CCl)ccn1. The summed E-state index contributed by atoms with van der Waals surface area (Å²) in [6.07, 6.45) is 6.22. The minimum absolute atomic E-state index is 0.0116. The van der Waals surface area contributed by atoms with E-state index in [2.05, 4.69) is 10.3 Å². The molecule has 1 aliphatic carbocycles. The van der Waals surface area contributed by atoms with Crippen LogP contribution in [0.1, 0.15) is 41.7 Å². The highest BCUT2D eigenvalue weighted by atomic mass is 35.5. The van der Waals surface area contributed by atoms with Crippen molar-refractivity contribution >= 4 is 17.5 Å². The minimum Gasteiger partial charge on any atom is -0.349 e. The Hall–Kier alpha value is -1.09. The number of nitrogens with zero attached hydrogens (tertiary/aromatic N) is 1. The van der Waals surface area contributed by atoms with Gasteiger partial charge in [0.2, 0.25) is 0 Å². The second kappa shape index (κ2) is 6.19. The van der Waals surface area contributed by atoms with Crippen molar-refractivity contribution < 1.29 is 4.79 Å². The number of halogens is 1. The summed E-state index contributed by atoms with van der Waals surface area (Å²) in [5, 5.41) is 3.11. The van der Waals surface area contributed by atoms with Crippen LogP contribution < -0.4 is 5.32 Å². The topological polar surface area (TPSA) is 42.0 Å². The standard InChI is InChI=1S/C14H19ClN2O/c1-10-8-11(6-7-16-10)14(18)17-13-5-3-2-4-12(13)9-15/h6-8,12-13H,2-5,9H2,1H3,(H,17,18). The van der Waals surface area contributed by atoms with Gasteiger partial charge in [0, 0.05) is 29.4 Å². The molecule has 1 saturated carbocycles. The van der Waals surface area contributed by atoms with Crippen LogP contribution in [-0.2, 0) is 0 Å². The number of aromatic nitrogens is 1. The van der Waals surface area contributed by atoms with Crippen LogP contribution in [0.5, 0.6) is 0 Å². The summed E-state index contributed by atoms with van der Waals surface area (Å²) >= 11 is 5.97. The van der Waals surface area contributed by atoms with Crippen molar-refractivity contribution in [2.75, 3.05) is 5.88 Å². The Labute approximate surface area is 113 Å². The van der Waals surface area contributed by atoms with Crippen molar-refractivity contribution in [1.82, 2.24) is 10.3 Å². The largest absolute Gasteiger partial charge is 0.349 e. The first-order valence-corrected chi connectivity index (χ1v) is 7.03. The van der Waals surface area contributed by atoms with Crippen molar-refractivity contribution in [2.24, 2.45) is 5.92 Å². The summed E-state index contributed by atoms with van der Waals surface area (Å²) < 4.78 is 0. The van der Waals surface area contributed by atoms with E-state index in [9.17, 15) is 4.79 Å². The Morgan fingerprint density at radius 1 is 1.50 bits per heavy atom. The second-order valence-electron chi connectivity index (χ2n) is 4.96. The molecule has 0 spiro atoms. The highest BCUT2D eigenvalue weighted by Crippen LogP contribution is 2.25. The van der Waals surface area contributed by atoms with E-state index >= 15 is 0 Å². The maximum atomic E-state index is 12.1. The lowest BCUT2D eigenvalue weighted by atomic mass is 9.85. The van der Waals surface area contributed by atoms with Gasteiger partial charge in [-0.3, -0.25) is 9.78 Å². The van der Waals surface area contributed by atoms with Gasteiger partial charge in [0.1, 0.15) is 0 Å². The van der Waals surface area contributed by atoms with Crippen molar-refractivity contribution in [3.05, 3.63) is 29.6 Å². The highest BCUT2D eigenvalue weighted by molar-refractivity contribution is 6.18. The Balaban J connectivity index is 2.02.